The third-order valence-electron chi connectivity index (χ3n) is 2.11. The van der Waals surface area contributed by atoms with E-state index in [1.165, 1.54) is 38.5 Å². The molecule has 6 radical (unpaired) electrons. The second-order valence-electron chi connectivity index (χ2n) is 3.81. The summed E-state index contributed by atoms with van der Waals surface area (Å²) < 4.78 is 0. The summed E-state index contributed by atoms with van der Waals surface area (Å²) >= 11 is 4.44. The van der Waals surface area contributed by atoms with Crippen LogP contribution in [0.1, 0.15) is 66.2 Å². The summed E-state index contributed by atoms with van der Waals surface area (Å²) in [6, 6.07) is 0. The van der Waals surface area contributed by atoms with Gasteiger partial charge in [-0.25, -0.2) is 0 Å². The SMILES string of the molecule is C[CH][CH][CH]CCCC.C[CH][CH][CH]CCCC.[Cl][Pd+].[Cl][Pd+]. The molecular formula is C16H30Cl2Pd2+2. The number of hydrogen-bond donors (Lipinski definition) is 0. The minimum absolute atomic E-state index is 1.24. The third kappa shape index (κ3) is 50.2. The van der Waals surface area contributed by atoms with Gasteiger partial charge in [-0.3, -0.25) is 0 Å². The number of halogens is 2. The predicted molar refractivity (Wildman–Crippen MR) is 87.9 cm³/mol. The molecule has 0 amide bonds. The van der Waals surface area contributed by atoms with Gasteiger partial charge in [-0.15, -0.1) is 0 Å². The summed E-state index contributed by atoms with van der Waals surface area (Å²) in [7, 11) is 8.98. The standard InChI is InChI=1S/2C8H15.2ClH.2Pd/c2*1-3-5-7-8-6-4-2;;;;/h2*3,5,7H,4,6,8H2,1-2H3;2*1H;;/q;;;;2*+2/p-2. The zero-order valence-electron chi connectivity index (χ0n) is 13.1. The monoisotopic (exact) mass is 504 g/mol. The maximum atomic E-state index is 4.49. The number of rotatable bonds is 10. The van der Waals surface area contributed by atoms with E-state index in [-0.39, 0.29) is 0 Å². The van der Waals surface area contributed by atoms with Crippen LogP contribution in [0.3, 0.4) is 0 Å². The van der Waals surface area contributed by atoms with E-state index in [1.54, 1.807) is 0 Å². The molecule has 0 saturated carbocycles. The molecule has 0 nitrogen and oxygen atoms in total. The Hall–Kier alpha value is 1.90. The van der Waals surface area contributed by atoms with Crippen molar-refractivity contribution in [3.63, 3.8) is 0 Å². The fourth-order valence-electron chi connectivity index (χ4n) is 1.11. The first-order chi connectivity index (χ1) is 9.83. The Morgan fingerprint density at radius 3 is 1.20 bits per heavy atom. The summed E-state index contributed by atoms with van der Waals surface area (Å²) in [5, 5.41) is 0. The van der Waals surface area contributed by atoms with Crippen LogP contribution in [-0.2, 0) is 36.4 Å². The van der Waals surface area contributed by atoms with E-state index in [9.17, 15) is 0 Å². The molecule has 0 rings (SSSR count). The van der Waals surface area contributed by atoms with E-state index in [4.69, 9.17) is 0 Å². The van der Waals surface area contributed by atoms with Crippen LogP contribution in [0.25, 0.3) is 0 Å². The summed E-state index contributed by atoms with van der Waals surface area (Å²) in [4.78, 5) is 0. The average Bonchev–Trinajstić information content (AvgIpc) is 2.53. The van der Waals surface area contributed by atoms with E-state index < -0.39 is 0 Å². The first-order valence-electron chi connectivity index (χ1n) is 6.96. The Kier molecular flexibility index (Phi) is 64.0. The Morgan fingerprint density at radius 1 is 0.700 bits per heavy atom. The Morgan fingerprint density at radius 2 is 1.00 bits per heavy atom. The molecule has 0 aromatic rings. The number of unbranched alkanes of at least 4 members (excludes halogenated alkanes) is 10. The zero-order valence-corrected chi connectivity index (χ0v) is 17.7. The van der Waals surface area contributed by atoms with Crippen molar-refractivity contribution in [2.75, 3.05) is 0 Å². The molecule has 0 aromatic carbocycles. The van der Waals surface area contributed by atoms with Crippen molar-refractivity contribution < 1.29 is 36.4 Å². The quantitative estimate of drug-likeness (QED) is 0.221. The van der Waals surface area contributed by atoms with Crippen LogP contribution in [0.4, 0.5) is 0 Å². The zero-order chi connectivity index (χ0) is 16.5. The van der Waals surface area contributed by atoms with Gasteiger partial charge in [-0.1, -0.05) is 53.4 Å². The van der Waals surface area contributed by atoms with Crippen molar-refractivity contribution in [3.8, 4) is 0 Å². The first kappa shape index (κ1) is 29.9. The summed E-state index contributed by atoms with van der Waals surface area (Å²) in [5.41, 5.74) is 0. The van der Waals surface area contributed by atoms with Gasteiger partial charge in [0.05, 0.1) is 0 Å². The molecule has 0 saturated heterocycles. The van der Waals surface area contributed by atoms with Crippen LogP contribution in [0.2, 0.25) is 0 Å². The fraction of sp³-hybridized carbons (Fsp3) is 0.625. The Balaban J connectivity index is -0.000000102. The van der Waals surface area contributed by atoms with Gasteiger partial charge >= 0.3 is 55.4 Å². The molecule has 0 aliphatic rings. The van der Waals surface area contributed by atoms with Crippen LogP contribution in [0.5, 0.6) is 0 Å². The summed E-state index contributed by atoms with van der Waals surface area (Å²) in [6.07, 6.45) is 20.5. The van der Waals surface area contributed by atoms with Gasteiger partial charge < -0.3 is 0 Å². The van der Waals surface area contributed by atoms with E-state index in [1.807, 2.05) is 13.8 Å². The van der Waals surface area contributed by atoms with Crippen molar-refractivity contribution in [2.45, 2.75) is 66.2 Å². The van der Waals surface area contributed by atoms with Crippen molar-refractivity contribution in [2.24, 2.45) is 0 Å². The maximum absolute atomic E-state index is 4.49. The molecule has 0 fully saturated rings. The van der Waals surface area contributed by atoms with Crippen molar-refractivity contribution in [3.05, 3.63) is 38.5 Å². The molecule has 0 heterocycles. The molecule has 0 atom stereocenters. The van der Waals surface area contributed by atoms with Gasteiger partial charge in [0, 0.05) is 0 Å². The van der Waals surface area contributed by atoms with Gasteiger partial charge in [-0.2, -0.15) is 0 Å². The molecule has 4 heteroatoms. The molecule has 126 valence electrons. The molecule has 0 aliphatic heterocycles. The molecule has 0 N–H and O–H groups in total. The molecular weight excluding hydrogens is 476 g/mol. The minimum atomic E-state index is 1.24. The Bertz CT molecular complexity index is 80.5. The van der Waals surface area contributed by atoms with Gasteiger partial charge in [0.25, 0.3) is 0 Å². The average molecular weight is 506 g/mol. The van der Waals surface area contributed by atoms with Crippen LogP contribution in [0.15, 0.2) is 0 Å². The molecule has 0 bridgehead atoms. The molecule has 0 spiro atoms. The van der Waals surface area contributed by atoms with Gasteiger partial charge in [0.1, 0.15) is 0 Å². The topological polar surface area (TPSA) is 0 Å². The van der Waals surface area contributed by atoms with Crippen molar-refractivity contribution >= 4 is 19.1 Å². The predicted octanol–water partition coefficient (Wildman–Crippen LogP) is 6.99. The first-order valence-corrected chi connectivity index (χ1v) is 11.0. The van der Waals surface area contributed by atoms with Crippen LogP contribution >= 0.6 is 19.1 Å². The molecule has 0 unspecified atom stereocenters. The van der Waals surface area contributed by atoms with E-state index >= 15 is 0 Å². The van der Waals surface area contributed by atoms with E-state index in [0.29, 0.717) is 0 Å². The van der Waals surface area contributed by atoms with Crippen LogP contribution in [-0.4, -0.2) is 0 Å². The van der Waals surface area contributed by atoms with Crippen molar-refractivity contribution in [1.82, 2.24) is 0 Å². The second kappa shape index (κ2) is 42.8. The van der Waals surface area contributed by atoms with E-state index in [2.05, 4.69) is 108 Å². The summed E-state index contributed by atoms with van der Waals surface area (Å²) in [5.74, 6) is 0. The van der Waals surface area contributed by atoms with E-state index in [0.717, 1.165) is 0 Å². The second-order valence-corrected chi connectivity index (χ2v) is 3.81. The van der Waals surface area contributed by atoms with Gasteiger partial charge in [-0.05, 0) is 51.4 Å². The van der Waals surface area contributed by atoms with Crippen LogP contribution < -0.4 is 0 Å². The van der Waals surface area contributed by atoms with Gasteiger partial charge in [0.15, 0.2) is 0 Å². The van der Waals surface area contributed by atoms with Crippen LogP contribution in [0, 0.1) is 38.5 Å². The Labute approximate surface area is 159 Å². The molecule has 0 aromatic heterocycles. The molecule has 0 aliphatic carbocycles. The number of hydrogen-bond acceptors (Lipinski definition) is 0. The third-order valence-corrected chi connectivity index (χ3v) is 2.11. The molecule has 20 heavy (non-hydrogen) atoms. The van der Waals surface area contributed by atoms with Gasteiger partial charge in [0.2, 0.25) is 0 Å². The fourth-order valence-corrected chi connectivity index (χ4v) is 1.11. The normalized spacial score (nSPS) is 8.50. The van der Waals surface area contributed by atoms with Crippen molar-refractivity contribution in [1.29, 1.82) is 0 Å². The summed E-state index contributed by atoms with van der Waals surface area (Å²) in [6.45, 7) is 8.51.